The van der Waals surface area contributed by atoms with Gasteiger partial charge in [0, 0.05) is 5.75 Å². The Morgan fingerprint density at radius 3 is 1.79 bits per heavy atom. The second kappa shape index (κ2) is 10.4. The molecule has 0 heterocycles. The van der Waals surface area contributed by atoms with Gasteiger partial charge in [0.25, 0.3) is 0 Å². The van der Waals surface area contributed by atoms with Gasteiger partial charge in [0.2, 0.25) is 0 Å². The minimum Gasteiger partial charge on any atom is -0.748 e. The largest absolute Gasteiger partial charge is 1.00 e. The van der Waals surface area contributed by atoms with Crippen molar-refractivity contribution in [2.24, 2.45) is 5.73 Å². The summed E-state index contributed by atoms with van der Waals surface area (Å²) >= 11 is 0. The molecule has 0 amide bonds. The molecule has 0 radical (unpaired) electrons. The maximum absolute atomic E-state index is 10.2. The standard InChI is InChI=1S/C8H19NO3S.Na/c9-7-5-3-1-2-4-6-8-13(10,11)12;/h1-9H2,(H,10,11,12);/q;+1/p-1. The zero-order chi connectivity index (χ0) is 10.2. The summed E-state index contributed by atoms with van der Waals surface area (Å²) in [5.74, 6) is -0.218. The molecular formula is C8H18NNaO3S. The Morgan fingerprint density at radius 1 is 0.929 bits per heavy atom. The van der Waals surface area contributed by atoms with Gasteiger partial charge in [-0.1, -0.05) is 25.7 Å². The third-order valence-electron chi connectivity index (χ3n) is 1.85. The Balaban J connectivity index is 0. The van der Waals surface area contributed by atoms with Gasteiger partial charge in [-0.3, -0.25) is 0 Å². The molecule has 0 bridgehead atoms. The van der Waals surface area contributed by atoms with E-state index < -0.39 is 10.1 Å². The normalized spacial score (nSPS) is 11.0. The molecule has 0 aliphatic rings. The van der Waals surface area contributed by atoms with Crippen LogP contribution in [0.3, 0.4) is 0 Å². The van der Waals surface area contributed by atoms with Gasteiger partial charge in [0.05, 0.1) is 10.1 Å². The Bertz CT molecular complexity index is 207. The van der Waals surface area contributed by atoms with Crippen molar-refractivity contribution >= 4 is 10.1 Å². The summed E-state index contributed by atoms with van der Waals surface area (Å²) < 4.78 is 30.6. The molecule has 4 nitrogen and oxygen atoms in total. The van der Waals surface area contributed by atoms with E-state index in [9.17, 15) is 13.0 Å². The minimum atomic E-state index is -3.99. The number of hydrogen-bond donors (Lipinski definition) is 1. The molecule has 0 aromatic rings. The van der Waals surface area contributed by atoms with E-state index in [4.69, 9.17) is 5.73 Å². The first-order chi connectivity index (χ1) is 6.06. The van der Waals surface area contributed by atoms with Crippen LogP contribution in [0.25, 0.3) is 0 Å². The molecule has 0 aromatic carbocycles. The zero-order valence-electron chi connectivity index (χ0n) is 8.87. The van der Waals surface area contributed by atoms with Crippen molar-refractivity contribution < 1.29 is 42.5 Å². The van der Waals surface area contributed by atoms with Gasteiger partial charge in [-0.25, -0.2) is 8.42 Å². The van der Waals surface area contributed by atoms with Crippen molar-refractivity contribution in [3.05, 3.63) is 0 Å². The average Bonchev–Trinajstić information content (AvgIpc) is 2.01. The second-order valence-electron chi connectivity index (χ2n) is 3.17. The first kappa shape index (κ1) is 17.3. The topological polar surface area (TPSA) is 83.2 Å². The summed E-state index contributed by atoms with van der Waals surface area (Å²) in [6.07, 6.45) is 5.52. The zero-order valence-corrected chi connectivity index (χ0v) is 11.7. The molecule has 0 saturated heterocycles. The molecule has 80 valence electrons. The first-order valence-electron chi connectivity index (χ1n) is 4.70. The van der Waals surface area contributed by atoms with Gasteiger partial charge in [-0.15, -0.1) is 0 Å². The monoisotopic (exact) mass is 231 g/mol. The van der Waals surface area contributed by atoms with Gasteiger partial charge in [-0.05, 0) is 19.4 Å². The number of nitrogens with two attached hydrogens (primary N) is 1. The Labute approximate surface area is 109 Å². The predicted molar refractivity (Wildman–Crippen MR) is 51.3 cm³/mol. The van der Waals surface area contributed by atoms with Crippen molar-refractivity contribution in [2.75, 3.05) is 12.3 Å². The van der Waals surface area contributed by atoms with Crippen LogP contribution >= 0.6 is 0 Å². The molecule has 14 heavy (non-hydrogen) atoms. The fourth-order valence-electron chi connectivity index (χ4n) is 1.13. The number of hydrogen-bond acceptors (Lipinski definition) is 4. The quantitative estimate of drug-likeness (QED) is 0.293. The average molecular weight is 231 g/mol. The molecule has 2 N–H and O–H groups in total. The molecule has 0 spiro atoms. The predicted octanol–water partition coefficient (Wildman–Crippen LogP) is -2.17. The minimum absolute atomic E-state index is 0. The number of unbranched alkanes of at least 4 members (excludes halogenated alkanes) is 5. The molecule has 0 aliphatic heterocycles. The van der Waals surface area contributed by atoms with Crippen LogP contribution in [0.1, 0.15) is 38.5 Å². The Kier molecular flexibility index (Phi) is 12.8. The molecule has 0 fully saturated rings. The molecule has 0 atom stereocenters. The maximum atomic E-state index is 10.2. The summed E-state index contributed by atoms with van der Waals surface area (Å²) in [7, 11) is -3.99. The molecule has 0 rings (SSSR count). The van der Waals surface area contributed by atoms with Crippen molar-refractivity contribution in [3.8, 4) is 0 Å². The van der Waals surface area contributed by atoms with E-state index in [1.54, 1.807) is 0 Å². The van der Waals surface area contributed by atoms with Crippen LogP contribution in [-0.4, -0.2) is 25.3 Å². The summed E-state index contributed by atoms with van der Waals surface area (Å²) in [5, 5.41) is 0. The van der Waals surface area contributed by atoms with Gasteiger partial charge < -0.3 is 10.3 Å². The van der Waals surface area contributed by atoms with Crippen molar-refractivity contribution in [2.45, 2.75) is 38.5 Å². The van der Waals surface area contributed by atoms with E-state index in [2.05, 4.69) is 0 Å². The fourth-order valence-corrected chi connectivity index (χ4v) is 1.69. The summed E-state index contributed by atoms with van der Waals surface area (Å²) in [6.45, 7) is 0.717. The number of rotatable bonds is 8. The van der Waals surface area contributed by atoms with E-state index in [0.29, 0.717) is 6.42 Å². The molecular weight excluding hydrogens is 213 g/mol. The van der Waals surface area contributed by atoms with Crippen molar-refractivity contribution in [1.82, 2.24) is 0 Å². The van der Waals surface area contributed by atoms with E-state index in [1.165, 1.54) is 0 Å². The van der Waals surface area contributed by atoms with Crippen LogP contribution in [0.2, 0.25) is 0 Å². The van der Waals surface area contributed by atoms with Crippen molar-refractivity contribution in [1.29, 1.82) is 0 Å². The molecule has 0 unspecified atom stereocenters. The second-order valence-corrected chi connectivity index (χ2v) is 4.70. The molecule has 0 aromatic heterocycles. The van der Waals surface area contributed by atoms with Crippen LogP contribution in [-0.2, 0) is 10.1 Å². The Morgan fingerprint density at radius 2 is 1.36 bits per heavy atom. The third kappa shape index (κ3) is 15.3. The summed E-state index contributed by atoms with van der Waals surface area (Å²) in [4.78, 5) is 0. The summed E-state index contributed by atoms with van der Waals surface area (Å²) in [6, 6.07) is 0. The van der Waals surface area contributed by atoms with E-state index in [-0.39, 0.29) is 35.3 Å². The van der Waals surface area contributed by atoms with E-state index >= 15 is 0 Å². The van der Waals surface area contributed by atoms with E-state index in [0.717, 1.165) is 38.6 Å². The SMILES string of the molecule is NCCCCCCCCS(=O)(=O)[O-].[Na+]. The molecule has 0 aliphatic carbocycles. The van der Waals surface area contributed by atoms with Crippen LogP contribution in [0.15, 0.2) is 0 Å². The van der Waals surface area contributed by atoms with Crippen LogP contribution in [0, 0.1) is 0 Å². The van der Waals surface area contributed by atoms with Crippen molar-refractivity contribution in [3.63, 3.8) is 0 Å². The van der Waals surface area contributed by atoms with Gasteiger partial charge in [0.1, 0.15) is 0 Å². The Hall–Kier alpha value is 0.870. The van der Waals surface area contributed by atoms with Crippen LogP contribution < -0.4 is 35.3 Å². The van der Waals surface area contributed by atoms with Crippen LogP contribution in [0.5, 0.6) is 0 Å². The van der Waals surface area contributed by atoms with Gasteiger partial charge in [-0.2, -0.15) is 0 Å². The first-order valence-corrected chi connectivity index (χ1v) is 6.27. The van der Waals surface area contributed by atoms with Gasteiger partial charge in [0.15, 0.2) is 0 Å². The molecule has 6 heteroatoms. The van der Waals surface area contributed by atoms with E-state index in [1.807, 2.05) is 0 Å². The summed E-state index contributed by atoms with van der Waals surface area (Å²) in [5.41, 5.74) is 5.31. The molecule has 0 saturated carbocycles. The van der Waals surface area contributed by atoms with Crippen LogP contribution in [0.4, 0.5) is 0 Å². The van der Waals surface area contributed by atoms with Gasteiger partial charge >= 0.3 is 29.6 Å². The smallest absolute Gasteiger partial charge is 0.748 e. The maximum Gasteiger partial charge on any atom is 1.00 e. The fraction of sp³-hybridized carbons (Fsp3) is 1.00. The third-order valence-corrected chi connectivity index (χ3v) is 2.64.